The van der Waals surface area contributed by atoms with Crippen LogP contribution in [0.1, 0.15) is 59.4 Å². The first-order valence-corrected chi connectivity index (χ1v) is 10.2. The number of rotatable bonds is 7. The predicted molar refractivity (Wildman–Crippen MR) is 113 cm³/mol. The van der Waals surface area contributed by atoms with Gasteiger partial charge >= 0.3 is 0 Å². The standard InChI is InChI=1S/C22H33ClN2O/c1-16(2)25(17(3)4)13-14-26-24-22-18(5)7-6-8-20(22)15-19-9-11-21(23)12-10-19/h9-12,15-18H,6-8,13-14H2,1-5H3/b20-15+,24-22?/t18-/m1/s1. The van der Waals surface area contributed by atoms with Crippen LogP contribution >= 0.6 is 11.6 Å². The van der Waals surface area contributed by atoms with Crippen molar-refractivity contribution in [1.82, 2.24) is 4.90 Å². The molecule has 3 nitrogen and oxygen atoms in total. The lowest BCUT2D eigenvalue weighted by molar-refractivity contribution is 0.0820. The van der Waals surface area contributed by atoms with E-state index in [-0.39, 0.29) is 0 Å². The molecule has 1 aromatic carbocycles. The van der Waals surface area contributed by atoms with Crippen LogP contribution in [0.4, 0.5) is 0 Å². The van der Waals surface area contributed by atoms with Crippen molar-refractivity contribution in [3.05, 3.63) is 40.4 Å². The molecular formula is C22H33ClN2O. The molecule has 0 amide bonds. The molecular weight excluding hydrogens is 344 g/mol. The van der Waals surface area contributed by atoms with Gasteiger partial charge in [0.05, 0.1) is 5.71 Å². The summed E-state index contributed by atoms with van der Waals surface area (Å²) in [6.45, 7) is 12.7. The molecule has 0 N–H and O–H groups in total. The maximum absolute atomic E-state index is 5.99. The molecule has 1 aliphatic carbocycles. The van der Waals surface area contributed by atoms with Crippen LogP contribution in [0.5, 0.6) is 0 Å². The van der Waals surface area contributed by atoms with Gasteiger partial charge in [-0.2, -0.15) is 0 Å². The maximum Gasteiger partial charge on any atom is 0.129 e. The van der Waals surface area contributed by atoms with Crippen LogP contribution in [0.15, 0.2) is 35.0 Å². The van der Waals surface area contributed by atoms with Crippen molar-refractivity contribution in [3.63, 3.8) is 0 Å². The zero-order valence-electron chi connectivity index (χ0n) is 16.8. The smallest absolute Gasteiger partial charge is 0.129 e. The van der Waals surface area contributed by atoms with Crippen molar-refractivity contribution in [1.29, 1.82) is 0 Å². The fraction of sp³-hybridized carbons (Fsp3) is 0.591. The molecule has 1 aromatic rings. The average molecular weight is 377 g/mol. The Bertz CT molecular complexity index is 612. The molecule has 4 heteroatoms. The zero-order chi connectivity index (χ0) is 19.1. The van der Waals surface area contributed by atoms with E-state index < -0.39 is 0 Å². The van der Waals surface area contributed by atoms with Crippen LogP contribution in [-0.2, 0) is 4.84 Å². The van der Waals surface area contributed by atoms with Gasteiger partial charge in [0.25, 0.3) is 0 Å². The highest BCUT2D eigenvalue weighted by Gasteiger charge is 2.22. The topological polar surface area (TPSA) is 24.8 Å². The minimum Gasteiger partial charge on any atom is -0.394 e. The van der Waals surface area contributed by atoms with Crippen LogP contribution in [0.2, 0.25) is 5.02 Å². The van der Waals surface area contributed by atoms with Gasteiger partial charge in [0.1, 0.15) is 6.61 Å². The van der Waals surface area contributed by atoms with Gasteiger partial charge in [0.15, 0.2) is 0 Å². The Kier molecular flexibility index (Phi) is 8.17. The normalized spacial score (nSPS) is 21.3. The minimum atomic E-state index is 0.439. The molecule has 0 unspecified atom stereocenters. The maximum atomic E-state index is 5.99. The molecule has 2 rings (SSSR count). The summed E-state index contributed by atoms with van der Waals surface area (Å²) >= 11 is 5.99. The molecule has 1 aliphatic rings. The van der Waals surface area contributed by atoms with Crippen LogP contribution in [0.25, 0.3) is 6.08 Å². The Labute approximate surface area is 164 Å². The van der Waals surface area contributed by atoms with Gasteiger partial charge in [-0.15, -0.1) is 0 Å². The van der Waals surface area contributed by atoms with E-state index in [1.807, 2.05) is 12.1 Å². The van der Waals surface area contributed by atoms with Crippen LogP contribution in [-0.4, -0.2) is 35.8 Å². The van der Waals surface area contributed by atoms with E-state index in [4.69, 9.17) is 16.4 Å². The first-order chi connectivity index (χ1) is 12.4. The summed E-state index contributed by atoms with van der Waals surface area (Å²) in [5, 5.41) is 5.31. The lowest BCUT2D eigenvalue weighted by atomic mass is 9.84. The van der Waals surface area contributed by atoms with Crippen molar-refractivity contribution < 1.29 is 4.84 Å². The molecule has 0 heterocycles. The predicted octanol–water partition coefficient (Wildman–Crippen LogP) is 6.03. The quantitative estimate of drug-likeness (QED) is 0.428. The van der Waals surface area contributed by atoms with Gasteiger partial charge in [-0.3, -0.25) is 4.90 Å². The summed E-state index contributed by atoms with van der Waals surface area (Å²) in [5.41, 5.74) is 3.56. The highest BCUT2D eigenvalue weighted by molar-refractivity contribution is 6.30. The third-order valence-corrected chi connectivity index (χ3v) is 5.27. The van der Waals surface area contributed by atoms with Crippen LogP contribution < -0.4 is 0 Å². The van der Waals surface area contributed by atoms with E-state index in [1.54, 1.807) is 0 Å². The minimum absolute atomic E-state index is 0.439. The van der Waals surface area contributed by atoms with Gasteiger partial charge in [0.2, 0.25) is 0 Å². The lowest BCUT2D eigenvalue weighted by Crippen LogP contribution is -2.39. The number of halogens is 1. The molecule has 1 fully saturated rings. The van der Waals surface area contributed by atoms with E-state index in [0.29, 0.717) is 24.6 Å². The second-order valence-electron chi connectivity index (χ2n) is 7.75. The van der Waals surface area contributed by atoms with Crippen molar-refractivity contribution in [2.75, 3.05) is 13.2 Å². The molecule has 0 bridgehead atoms. The van der Waals surface area contributed by atoms with Gasteiger partial charge in [0, 0.05) is 29.6 Å². The Morgan fingerprint density at radius 3 is 2.46 bits per heavy atom. The van der Waals surface area contributed by atoms with Gasteiger partial charge in [-0.25, -0.2) is 0 Å². The fourth-order valence-corrected chi connectivity index (χ4v) is 3.73. The van der Waals surface area contributed by atoms with Gasteiger partial charge in [-0.05, 0) is 76.3 Å². The molecule has 0 aliphatic heterocycles. The highest BCUT2D eigenvalue weighted by Crippen LogP contribution is 2.28. The largest absolute Gasteiger partial charge is 0.394 e. The van der Waals surface area contributed by atoms with E-state index in [2.05, 4.69) is 62.9 Å². The summed E-state index contributed by atoms with van der Waals surface area (Å²) in [7, 11) is 0. The SMILES string of the molecule is CC(C)N(CCON=C1/C(=C/c2ccc(Cl)cc2)CCC[C@H]1C)C(C)C. The number of oxime groups is 1. The van der Waals surface area contributed by atoms with Crippen LogP contribution in [0, 0.1) is 5.92 Å². The Morgan fingerprint density at radius 1 is 1.19 bits per heavy atom. The fourth-order valence-electron chi connectivity index (χ4n) is 3.61. The van der Waals surface area contributed by atoms with Crippen molar-refractivity contribution >= 4 is 23.4 Å². The number of hydrogen-bond donors (Lipinski definition) is 0. The molecule has 1 atom stereocenters. The van der Waals surface area contributed by atoms with E-state index in [0.717, 1.165) is 29.3 Å². The molecule has 0 aromatic heterocycles. The molecule has 0 spiro atoms. The molecule has 1 saturated carbocycles. The van der Waals surface area contributed by atoms with E-state index >= 15 is 0 Å². The number of benzene rings is 1. The second-order valence-corrected chi connectivity index (χ2v) is 8.19. The third-order valence-electron chi connectivity index (χ3n) is 5.02. The van der Waals surface area contributed by atoms with E-state index in [1.165, 1.54) is 18.4 Å². The Balaban J connectivity index is 2.05. The summed E-state index contributed by atoms with van der Waals surface area (Å²) in [4.78, 5) is 8.17. The number of allylic oxidation sites excluding steroid dienone is 1. The van der Waals surface area contributed by atoms with Crippen molar-refractivity contribution in [3.8, 4) is 0 Å². The molecule has 0 saturated heterocycles. The molecule has 0 radical (unpaired) electrons. The highest BCUT2D eigenvalue weighted by atomic mass is 35.5. The second kappa shape index (κ2) is 10.1. The Morgan fingerprint density at radius 2 is 1.85 bits per heavy atom. The van der Waals surface area contributed by atoms with E-state index in [9.17, 15) is 0 Å². The summed E-state index contributed by atoms with van der Waals surface area (Å²) in [5.74, 6) is 0.439. The zero-order valence-corrected chi connectivity index (χ0v) is 17.6. The monoisotopic (exact) mass is 376 g/mol. The average Bonchev–Trinajstić information content (AvgIpc) is 2.58. The van der Waals surface area contributed by atoms with Crippen LogP contribution in [0.3, 0.4) is 0 Å². The first-order valence-electron chi connectivity index (χ1n) is 9.80. The summed E-state index contributed by atoms with van der Waals surface area (Å²) in [6, 6.07) is 8.99. The lowest BCUT2D eigenvalue weighted by Gasteiger charge is -2.30. The molecule has 144 valence electrons. The van der Waals surface area contributed by atoms with Crippen molar-refractivity contribution in [2.45, 2.75) is 66.0 Å². The first kappa shape index (κ1) is 21.0. The van der Waals surface area contributed by atoms with Crippen molar-refractivity contribution in [2.24, 2.45) is 11.1 Å². The number of nitrogens with zero attached hydrogens (tertiary/aromatic N) is 2. The Hall–Kier alpha value is -1.32. The third kappa shape index (κ3) is 6.14. The summed E-state index contributed by atoms with van der Waals surface area (Å²) in [6.07, 6.45) is 5.65. The summed E-state index contributed by atoms with van der Waals surface area (Å²) < 4.78 is 0. The number of hydrogen-bond acceptors (Lipinski definition) is 3. The molecule has 26 heavy (non-hydrogen) atoms. The van der Waals surface area contributed by atoms with Gasteiger partial charge in [-0.1, -0.05) is 35.8 Å². The van der Waals surface area contributed by atoms with Gasteiger partial charge < -0.3 is 4.84 Å².